The first-order chi connectivity index (χ1) is 15.8. The second-order valence-electron chi connectivity index (χ2n) is 7.92. The highest BCUT2D eigenvalue weighted by Gasteiger charge is 2.35. The van der Waals surface area contributed by atoms with Crippen molar-refractivity contribution in [3.63, 3.8) is 0 Å². The van der Waals surface area contributed by atoms with Crippen LogP contribution in [0.3, 0.4) is 0 Å². The molecule has 0 aromatic heterocycles. The Hall–Kier alpha value is -3.18. The number of methoxy groups -OCH3 is 1. The summed E-state index contributed by atoms with van der Waals surface area (Å²) in [4.78, 5) is 41.5. The van der Waals surface area contributed by atoms with Crippen LogP contribution in [0.25, 0.3) is 0 Å². The second kappa shape index (κ2) is 11.1. The summed E-state index contributed by atoms with van der Waals surface area (Å²) in [7, 11) is 1.23. The molecule has 2 aliphatic heterocycles. The molecule has 180 valence electrons. The van der Waals surface area contributed by atoms with Gasteiger partial charge in [0.15, 0.2) is 0 Å². The lowest BCUT2D eigenvalue weighted by atomic mass is 10.1. The molecule has 2 fully saturated rings. The highest BCUT2D eigenvalue weighted by molar-refractivity contribution is 6.04. The molecule has 0 bridgehead atoms. The number of nitrogens with zero attached hydrogens (tertiary/aromatic N) is 3. The molecule has 0 saturated carbocycles. The van der Waals surface area contributed by atoms with E-state index in [4.69, 9.17) is 14.9 Å². The van der Waals surface area contributed by atoms with Gasteiger partial charge in [0.1, 0.15) is 18.0 Å². The molecule has 2 aliphatic rings. The van der Waals surface area contributed by atoms with Crippen LogP contribution < -0.4 is 10.2 Å². The average molecular weight is 462 g/mol. The lowest BCUT2D eigenvalue weighted by Gasteiger charge is -2.37. The van der Waals surface area contributed by atoms with Crippen molar-refractivity contribution in [3.05, 3.63) is 29.8 Å². The number of hydrogen-bond acceptors (Lipinski definition) is 9. The number of rotatable bonds is 7. The Bertz CT molecular complexity index is 869. The monoisotopic (exact) mass is 461 g/mol. The molecule has 2 unspecified atom stereocenters. The van der Waals surface area contributed by atoms with E-state index in [-0.39, 0.29) is 24.0 Å². The SMILES string of the molecule is CCOC(=O)C(C)N1CCN(CC2CN(c3ccc(C(=N)NC(=O)OC)cc3)C(=O)O2)CC1. The van der Waals surface area contributed by atoms with Crippen LogP contribution in [0.5, 0.6) is 0 Å². The predicted octanol–water partition coefficient (Wildman–Crippen LogP) is 1.26. The summed E-state index contributed by atoms with van der Waals surface area (Å²) in [5, 5.41) is 10.2. The molecule has 0 spiro atoms. The van der Waals surface area contributed by atoms with Crippen molar-refractivity contribution in [2.24, 2.45) is 0 Å². The zero-order valence-electron chi connectivity index (χ0n) is 19.2. The first kappa shape index (κ1) is 24.5. The Morgan fingerprint density at radius 2 is 1.88 bits per heavy atom. The lowest BCUT2D eigenvalue weighted by molar-refractivity contribution is -0.149. The van der Waals surface area contributed by atoms with E-state index in [1.54, 1.807) is 36.1 Å². The van der Waals surface area contributed by atoms with E-state index in [9.17, 15) is 14.4 Å². The Morgan fingerprint density at radius 1 is 1.21 bits per heavy atom. The largest absolute Gasteiger partial charge is 0.465 e. The number of piperazine rings is 1. The van der Waals surface area contributed by atoms with E-state index < -0.39 is 12.2 Å². The number of amidine groups is 1. The summed E-state index contributed by atoms with van der Waals surface area (Å²) in [6, 6.07) is 6.46. The maximum absolute atomic E-state index is 12.4. The van der Waals surface area contributed by atoms with Crippen LogP contribution in [0.2, 0.25) is 0 Å². The van der Waals surface area contributed by atoms with Crippen LogP contribution in [-0.2, 0) is 19.0 Å². The average Bonchev–Trinajstić information content (AvgIpc) is 3.18. The van der Waals surface area contributed by atoms with Gasteiger partial charge in [0.2, 0.25) is 0 Å². The quantitative estimate of drug-likeness (QED) is 0.269. The third-order valence-electron chi connectivity index (χ3n) is 5.80. The van der Waals surface area contributed by atoms with Gasteiger partial charge >= 0.3 is 18.2 Å². The van der Waals surface area contributed by atoms with Crippen molar-refractivity contribution in [3.8, 4) is 0 Å². The van der Waals surface area contributed by atoms with Crippen molar-refractivity contribution in [2.45, 2.75) is 26.0 Å². The molecular formula is C22H31N5O6. The summed E-state index contributed by atoms with van der Waals surface area (Å²) in [5.41, 5.74) is 1.15. The molecular weight excluding hydrogens is 430 g/mol. The number of esters is 1. The van der Waals surface area contributed by atoms with E-state index >= 15 is 0 Å². The minimum absolute atomic E-state index is 0.0910. The minimum atomic E-state index is -0.716. The number of alkyl carbamates (subject to hydrolysis) is 1. The number of amides is 2. The maximum atomic E-state index is 12.4. The van der Waals surface area contributed by atoms with E-state index in [1.165, 1.54) is 7.11 Å². The van der Waals surface area contributed by atoms with Crippen LogP contribution in [0, 0.1) is 5.41 Å². The number of cyclic esters (lactones) is 1. The Balaban J connectivity index is 1.49. The van der Waals surface area contributed by atoms with Crippen molar-refractivity contribution in [1.82, 2.24) is 15.1 Å². The fourth-order valence-electron chi connectivity index (χ4n) is 3.89. The summed E-state index contributed by atoms with van der Waals surface area (Å²) < 4.78 is 15.2. The highest BCUT2D eigenvalue weighted by Crippen LogP contribution is 2.23. The maximum Gasteiger partial charge on any atom is 0.414 e. The van der Waals surface area contributed by atoms with Gasteiger partial charge in [-0.25, -0.2) is 9.59 Å². The van der Waals surface area contributed by atoms with Gasteiger partial charge in [-0.3, -0.25) is 30.2 Å². The molecule has 1 aromatic carbocycles. The molecule has 2 saturated heterocycles. The summed E-state index contributed by atoms with van der Waals surface area (Å²) in [6.07, 6.45) is -1.39. The van der Waals surface area contributed by atoms with Gasteiger partial charge in [0, 0.05) is 44.0 Å². The molecule has 2 amide bonds. The molecule has 3 rings (SSSR count). The van der Waals surface area contributed by atoms with Gasteiger partial charge in [-0.05, 0) is 38.1 Å². The van der Waals surface area contributed by atoms with Gasteiger partial charge in [-0.2, -0.15) is 0 Å². The van der Waals surface area contributed by atoms with Crippen LogP contribution in [0.15, 0.2) is 24.3 Å². The van der Waals surface area contributed by atoms with E-state index in [1.807, 2.05) is 6.92 Å². The number of carbonyl (C=O) groups excluding carboxylic acids is 3. The molecule has 0 radical (unpaired) electrons. The van der Waals surface area contributed by atoms with E-state index in [2.05, 4.69) is 19.9 Å². The van der Waals surface area contributed by atoms with E-state index in [0.29, 0.717) is 30.9 Å². The summed E-state index contributed by atoms with van der Waals surface area (Å²) in [6.45, 7) is 8.14. The van der Waals surface area contributed by atoms with Crippen LogP contribution in [0.4, 0.5) is 15.3 Å². The van der Waals surface area contributed by atoms with Crippen molar-refractivity contribution in [2.75, 3.05) is 57.9 Å². The fourth-order valence-corrected chi connectivity index (χ4v) is 3.89. The van der Waals surface area contributed by atoms with Gasteiger partial charge in [-0.1, -0.05) is 0 Å². The third kappa shape index (κ3) is 6.20. The van der Waals surface area contributed by atoms with Crippen molar-refractivity contribution in [1.29, 1.82) is 5.41 Å². The van der Waals surface area contributed by atoms with Gasteiger partial charge in [-0.15, -0.1) is 0 Å². The highest BCUT2D eigenvalue weighted by atomic mass is 16.6. The number of nitrogens with one attached hydrogen (secondary N) is 2. The Labute approximate surface area is 193 Å². The van der Waals surface area contributed by atoms with Crippen molar-refractivity contribution < 1.29 is 28.6 Å². The van der Waals surface area contributed by atoms with Crippen molar-refractivity contribution >= 4 is 29.7 Å². The second-order valence-corrected chi connectivity index (χ2v) is 7.92. The molecule has 0 aliphatic carbocycles. The molecule has 2 atom stereocenters. The lowest BCUT2D eigenvalue weighted by Crippen LogP contribution is -2.53. The number of benzene rings is 1. The fraction of sp³-hybridized carbons (Fsp3) is 0.545. The topological polar surface area (TPSA) is 125 Å². The zero-order chi connectivity index (χ0) is 24.0. The first-order valence-electron chi connectivity index (χ1n) is 11.0. The van der Waals surface area contributed by atoms with E-state index in [0.717, 1.165) is 26.2 Å². The van der Waals surface area contributed by atoms with Gasteiger partial charge in [0.05, 0.1) is 20.3 Å². The minimum Gasteiger partial charge on any atom is -0.465 e. The Morgan fingerprint density at radius 3 is 2.48 bits per heavy atom. The molecule has 2 N–H and O–H groups in total. The molecule has 11 heteroatoms. The smallest absolute Gasteiger partial charge is 0.414 e. The molecule has 1 aromatic rings. The third-order valence-corrected chi connectivity index (χ3v) is 5.80. The number of hydrogen-bond donors (Lipinski definition) is 2. The summed E-state index contributed by atoms with van der Waals surface area (Å²) >= 11 is 0. The molecule has 33 heavy (non-hydrogen) atoms. The Kier molecular flexibility index (Phi) is 8.23. The van der Waals surface area contributed by atoms with Gasteiger partial charge in [0.25, 0.3) is 0 Å². The summed E-state index contributed by atoms with van der Waals surface area (Å²) in [5.74, 6) is -0.291. The molecule has 11 nitrogen and oxygen atoms in total. The number of anilines is 1. The van der Waals surface area contributed by atoms with Crippen LogP contribution >= 0.6 is 0 Å². The molecule has 2 heterocycles. The number of carbonyl (C=O) groups is 3. The normalized spacial score (nSPS) is 20.2. The number of ether oxygens (including phenoxy) is 3. The van der Waals surface area contributed by atoms with Gasteiger partial charge < -0.3 is 14.2 Å². The van der Waals surface area contributed by atoms with Crippen LogP contribution in [-0.4, -0.2) is 98.9 Å². The first-order valence-corrected chi connectivity index (χ1v) is 11.0. The standard InChI is InChI=1S/C22H31N5O6/c1-4-32-20(28)15(2)26-11-9-25(10-12-26)13-18-14-27(22(30)33-18)17-7-5-16(6-8-17)19(23)24-21(29)31-3/h5-8,15,18H,4,9-14H2,1-3H3,(H2,23,24,29). The predicted molar refractivity (Wildman–Crippen MR) is 121 cm³/mol. The zero-order valence-corrected chi connectivity index (χ0v) is 19.2. The van der Waals surface area contributed by atoms with Crippen LogP contribution in [0.1, 0.15) is 19.4 Å².